The number of hydrogen-bond donors (Lipinski definition) is 2. The quantitative estimate of drug-likeness (QED) is 0.896. The molecule has 1 aliphatic heterocycles. The van der Waals surface area contributed by atoms with E-state index in [4.69, 9.17) is 11.6 Å². The molecule has 0 aromatic heterocycles. The molecule has 2 N–H and O–H groups in total. The van der Waals surface area contributed by atoms with Gasteiger partial charge in [-0.25, -0.2) is 9.18 Å². The van der Waals surface area contributed by atoms with Crippen LogP contribution in [-0.2, 0) is 4.79 Å². The summed E-state index contributed by atoms with van der Waals surface area (Å²) >= 11 is 5.97. The van der Waals surface area contributed by atoms with Gasteiger partial charge in [-0.05, 0) is 38.0 Å². The van der Waals surface area contributed by atoms with E-state index in [2.05, 4.69) is 5.32 Å². The van der Waals surface area contributed by atoms with Gasteiger partial charge in [-0.2, -0.15) is 0 Å². The highest BCUT2D eigenvalue weighted by Crippen LogP contribution is 2.30. The van der Waals surface area contributed by atoms with E-state index >= 15 is 0 Å². The van der Waals surface area contributed by atoms with Crippen LogP contribution in [0.4, 0.5) is 9.18 Å². The highest BCUT2D eigenvalue weighted by molar-refractivity contribution is 6.31. The van der Waals surface area contributed by atoms with Crippen molar-refractivity contribution in [3.8, 4) is 0 Å². The Balaban J connectivity index is 2.02. The predicted octanol–water partition coefficient (Wildman–Crippen LogP) is 3.05. The van der Waals surface area contributed by atoms with Crippen molar-refractivity contribution in [1.29, 1.82) is 0 Å². The molecule has 0 aliphatic carbocycles. The number of carbonyl (C=O) groups excluding carboxylic acids is 1. The Morgan fingerprint density at radius 3 is 2.73 bits per heavy atom. The summed E-state index contributed by atoms with van der Waals surface area (Å²) in [5, 5.41) is 12.2. The molecule has 2 rings (SSSR count). The van der Waals surface area contributed by atoms with Gasteiger partial charge in [0.1, 0.15) is 5.82 Å². The van der Waals surface area contributed by atoms with Crippen LogP contribution in [0.15, 0.2) is 18.2 Å². The number of halogens is 2. The molecule has 2 atom stereocenters. The fraction of sp³-hybridized carbons (Fsp3) is 0.467. The Morgan fingerprint density at radius 1 is 1.50 bits per heavy atom. The van der Waals surface area contributed by atoms with E-state index in [0.29, 0.717) is 18.5 Å². The molecule has 1 aromatic rings. The number of carbonyl (C=O) groups is 2. The van der Waals surface area contributed by atoms with Gasteiger partial charge >= 0.3 is 12.0 Å². The number of benzene rings is 1. The van der Waals surface area contributed by atoms with Gasteiger partial charge in [-0.15, -0.1) is 0 Å². The molecule has 0 spiro atoms. The molecule has 1 fully saturated rings. The second-order valence-corrected chi connectivity index (χ2v) is 6.28. The lowest BCUT2D eigenvalue weighted by atomic mass is 9.90. The van der Waals surface area contributed by atoms with Crippen LogP contribution in [0, 0.1) is 11.2 Å². The predicted molar refractivity (Wildman–Crippen MR) is 80.3 cm³/mol. The standard InChI is InChI=1S/C15H18ClFN2O3/c1-9(11-4-3-10(17)7-12(11)16)18-14(22)19-6-5-15(2,8-19)13(20)21/h3-4,7,9H,5-6,8H2,1-2H3,(H,18,22)(H,20,21)/t9-,15?/m1/s1. The molecule has 0 bridgehead atoms. The summed E-state index contributed by atoms with van der Waals surface area (Å²) in [4.78, 5) is 24.9. The molecule has 7 heteroatoms. The van der Waals surface area contributed by atoms with Crippen molar-refractivity contribution < 1.29 is 19.1 Å². The lowest BCUT2D eigenvalue weighted by Crippen LogP contribution is -2.41. The molecule has 1 unspecified atom stereocenters. The van der Waals surface area contributed by atoms with Crippen molar-refractivity contribution in [3.05, 3.63) is 34.6 Å². The van der Waals surface area contributed by atoms with E-state index in [0.717, 1.165) is 0 Å². The van der Waals surface area contributed by atoms with Crippen LogP contribution in [0.25, 0.3) is 0 Å². The summed E-state index contributed by atoms with van der Waals surface area (Å²) in [5.74, 6) is -1.35. The van der Waals surface area contributed by atoms with Crippen LogP contribution in [0.2, 0.25) is 5.02 Å². The van der Waals surface area contributed by atoms with Gasteiger partial charge in [0.15, 0.2) is 0 Å². The zero-order chi connectivity index (χ0) is 16.5. The summed E-state index contributed by atoms with van der Waals surface area (Å²) in [6.07, 6.45) is 0.418. The van der Waals surface area contributed by atoms with E-state index in [1.807, 2.05) is 0 Å². The van der Waals surface area contributed by atoms with Crippen molar-refractivity contribution in [3.63, 3.8) is 0 Å². The Morgan fingerprint density at radius 2 is 2.18 bits per heavy atom. The normalized spacial score (nSPS) is 22.5. The number of nitrogens with one attached hydrogen (secondary N) is 1. The lowest BCUT2D eigenvalue weighted by Gasteiger charge is -2.23. The van der Waals surface area contributed by atoms with E-state index in [-0.39, 0.29) is 17.6 Å². The Labute approximate surface area is 133 Å². The number of urea groups is 1. The SMILES string of the molecule is C[C@@H](NC(=O)N1CCC(C)(C(=O)O)C1)c1ccc(F)cc1Cl. The highest BCUT2D eigenvalue weighted by Gasteiger charge is 2.42. The smallest absolute Gasteiger partial charge is 0.317 e. The maximum absolute atomic E-state index is 13.0. The van der Waals surface area contributed by atoms with Crippen LogP contribution in [0.1, 0.15) is 31.9 Å². The van der Waals surface area contributed by atoms with E-state index < -0.39 is 23.2 Å². The molecule has 1 heterocycles. The summed E-state index contributed by atoms with van der Waals surface area (Å²) in [5.41, 5.74) is -0.301. The Hall–Kier alpha value is -1.82. The number of hydrogen-bond acceptors (Lipinski definition) is 2. The zero-order valence-corrected chi connectivity index (χ0v) is 13.2. The monoisotopic (exact) mass is 328 g/mol. The largest absolute Gasteiger partial charge is 0.481 e. The van der Waals surface area contributed by atoms with Gasteiger partial charge in [0.2, 0.25) is 0 Å². The van der Waals surface area contributed by atoms with Crippen LogP contribution < -0.4 is 5.32 Å². The van der Waals surface area contributed by atoms with Gasteiger partial charge in [-0.1, -0.05) is 17.7 Å². The van der Waals surface area contributed by atoms with Crippen LogP contribution in [0.3, 0.4) is 0 Å². The first kappa shape index (κ1) is 16.5. The highest BCUT2D eigenvalue weighted by atomic mass is 35.5. The number of aliphatic carboxylic acids is 1. The third-order valence-corrected chi connectivity index (χ3v) is 4.37. The molecular formula is C15H18ClFN2O3. The molecule has 1 aromatic carbocycles. The summed E-state index contributed by atoms with van der Waals surface area (Å²) in [6, 6.07) is 3.24. The van der Waals surface area contributed by atoms with E-state index in [9.17, 15) is 19.1 Å². The molecule has 5 nitrogen and oxygen atoms in total. The first-order chi connectivity index (χ1) is 10.2. The number of likely N-dealkylation sites (tertiary alicyclic amines) is 1. The average molecular weight is 329 g/mol. The maximum atomic E-state index is 13.0. The van der Waals surface area contributed by atoms with Crippen LogP contribution in [0.5, 0.6) is 0 Å². The van der Waals surface area contributed by atoms with Crippen molar-refractivity contribution in [1.82, 2.24) is 10.2 Å². The summed E-state index contributed by atoms with van der Waals surface area (Å²) in [6.45, 7) is 3.92. The maximum Gasteiger partial charge on any atom is 0.317 e. The topological polar surface area (TPSA) is 69.6 Å². The third-order valence-electron chi connectivity index (χ3n) is 4.05. The minimum Gasteiger partial charge on any atom is -0.481 e. The van der Waals surface area contributed by atoms with Gasteiger partial charge in [0.05, 0.1) is 11.5 Å². The average Bonchev–Trinajstić information content (AvgIpc) is 2.82. The molecule has 0 saturated carbocycles. The summed E-state index contributed by atoms with van der Waals surface area (Å²) in [7, 11) is 0. The van der Waals surface area contributed by atoms with Gasteiger partial charge in [0, 0.05) is 18.1 Å². The third kappa shape index (κ3) is 3.32. The van der Waals surface area contributed by atoms with Crippen molar-refractivity contribution in [2.75, 3.05) is 13.1 Å². The Bertz CT molecular complexity index is 610. The number of carboxylic acid groups (broad SMARTS) is 1. The van der Waals surface area contributed by atoms with Gasteiger partial charge < -0.3 is 15.3 Å². The van der Waals surface area contributed by atoms with Gasteiger partial charge in [0.25, 0.3) is 0 Å². The number of carboxylic acids is 1. The molecule has 1 saturated heterocycles. The molecule has 120 valence electrons. The number of nitrogens with zero attached hydrogens (tertiary/aromatic N) is 1. The first-order valence-corrected chi connectivity index (χ1v) is 7.34. The van der Waals surface area contributed by atoms with Crippen LogP contribution >= 0.6 is 11.6 Å². The van der Waals surface area contributed by atoms with Gasteiger partial charge in [-0.3, -0.25) is 4.79 Å². The molecule has 0 radical (unpaired) electrons. The van der Waals surface area contributed by atoms with Crippen molar-refractivity contribution >= 4 is 23.6 Å². The first-order valence-electron chi connectivity index (χ1n) is 6.97. The fourth-order valence-electron chi connectivity index (χ4n) is 2.52. The fourth-order valence-corrected chi connectivity index (χ4v) is 2.85. The Kier molecular flexibility index (Phi) is 4.60. The molecular weight excluding hydrogens is 311 g/mol. The van der Waals surface area contributed by atoms with E-state index in [1.165, 1.54) is 23.1 Å². The lowest BCUT2D eigenvalue weighted by molar-refractivity contribution is -0.146. The number of rotatable bonds is 3. The van der Waals surface area contributed by atoms with E-state index in [1.54, 1.807) is 13.8 Å². The molecule has 22 heavy (non-hydrogen) atoms. The van der Waals surface area contributed by atoms with Crippen molar-refractivity contribution in [2.24, 2.45) is 5.41 Å². The summed E-state index contributed by atoms with van der Waals surface area (Å²) < 4.78 is 13.0. The minimum atomic E-state index is -0.909. The van der Waals surface area contributed by atoms with Crippen molar-refractivity contribution in [2.45, 2.75) is 26.3 Å². The molecule has 1 aliphatic rings. The second-order valence-electron chi connectivity index (χ2n) is 5.87. The molecule has 2 amide bonds. The zero-order valence-electron chi connectivity index (χ0n) is 12.4. The minimum absolute atomic E-state index is 0.165. The second kappa shape index (κ2) is 6.12. The van der Waals surface area contributed by atoms with Crippen LogP contribution in [-0.4, -0.2) is 35.1 Å². The number of amides is 2.